The molecule has 8 nitrogen and oxygen atoms in total. The van der Waals surface area contributed by atoms with Gasteiger partial charge in [0.2, 0.25) is 12.7 Å². The molecule has 1 saturated heterocycles. The molecule has 0 saturated carbocycles. The highest BCUT2D eigenvalue weighted by Gasteiger charge is 2.28. The molecule has 3 aromatic rings. The lowest BCUT2D eigenvalue weighted by molar-refractivity contribution is -0.122. The molecule has 2 aliphatic rings. The fourth-order valence-corrected chi connectivity index (χ4v) is 4.51. The maximum Gasteiger partial charge on any atom is 0.231 e. The van der Waals surface area contributed by atoms with Crippen LogP contribution in [0, 0.1) is 11.8 Å². The topological polar surface area (TPSA) is 94.9 Å². The van der Waals surface area contributed by atoms with Gasteiger partial charge >= 0.3 is 0 Å². The van der Waals surface area contributed by atoms with Crippen molar-refractivity contribution in [2.75, 3.05) is 19.9 Å². The van der Waals surface area contributed by atoms with Gasteiger partial charge in [0, 0.05) is 19.0 Å². The van der Waals surface area contributed by atoms with Crippen LogP contribution < -0.4 is 24.8 Å². The normalized spacial score (nSPS) is 19.1. The van der Waals surface area contributed by atoms with Gasteiger partial charge in [0.25, 0.3) is 0 Å². The lowest BCUT2D eigenvalue weighted by Gasteiger charge is -2.31. The Bertz CT molecular complexity index is 1100. The van der Waals surface area contributed by atoms with Crippen LogP contribution in [0.15, 0.2) is 59.1 Å². The van der Waals surface area contributed by atoms with Crippen molar-refractivity contribution in [3.8, 4) is 17.2 Å². The molecule has 2 aromatic carbocycles. The van der Waals surface area contributed by atoms with E-state index in [0.29, 0.717) is 37.2 Å². The van der Waals surface area contributed by atoms with Gasteiger partial charge in [-0.1, -0.05) is 29.4 Å². The average Bonchev–Trinajstić information content (AvgIpc) is 3.52. The monoisotopic (exact) mass is 463 g/mol. The Morgan fingerprint density at radius 3 is 2.88 bits per heavy atom. The second-order valence-corrected chi connectivity index (χ2v) is 8.77. The molecule has 3 heterocycles. The lowest BCUT2D eigenvalue weighted by atomic mass is 9.81. The number of piperidine rings is 1. The fourth-order valence-electron chi connectivity index (χ4n) is 4.51. The number of ether oxygens (including phenoxy) is 3. The molecule has 2 N–H and O–H groups in total. The lowest BCUT2D eigenvalue weighted by Crippen LogP contribution is -2.40. The summed E-state index contributed by atoms with van der Waals surface area (Å²) in [5.74, 6) is 3.63. The van der Waals surface area contributed by atoms with Crippen molar-refractivity contribution in [3.05, 3.63) is 71.6 Å². The van der Waals surface area contributed by atoms with Crippen molar-refractivity contribution in [1.82, 2.24) is 15.8 Å². The molecule has 1 amide bonds. The summed E-state index contributed by atoms with van der Waals surface area (Å²) < 4.78 is 22.0. The maximum atomic E-state index is 12.7. The summed E-state index contributed by atoms with van der Waals surface area (Å²) >= 11 is 0. The van der Waals surface area contributed by atoms with Gasteiger partial charge in [0.1, 0.15) is 12.4 Å². The molecule has 5 rings (SSSR count). The van der Waals surface area contributed by atoms with E-state index in [9.17, 15) is 4.79 Å². The summed E-state index contributed by atoms with van der Waals surface area (Å²) in [5.41, 5.74) is 1.89. The first-order valence-corrected chi connectivity index (χ1v) is 11.7. The predicted octanol–water partition coefficient (Wildman–Crippen LogP) is 3.46. The SMILES string of the molecule is O=C(CC1CCNCC1Cc1cc(COc2ccccc2)on1)NCc1ccc2c(c1)OCO2. The first kappa shape index (κ1) is 22.3. The van der Waals surface area contributed by atoms with Crippen molar-refractivity contribution in [2.45, 2.75) is 32.4 Å². The summed E-state index contributed by atoms with van der Waals surface area (Å²) in [5, 5.41) is 10.7. The highest BCUT2D eigenvalue weighted by molar-refractivity contribution is 5.76. The van der Waals surface area contributed by atoms with Crippen LogP contribution in [0.3, 0.4) is 0 Å². The number of carbonyl (C=O) groups is 1. The van der Waals surface area contributed by atoms with Crippen LogP contribution in [0.25, 0.3) is 0 Å². The smallest absolute Gasteiger partial charge is 0.231 e. The van der Waals surface area contributed by atoms with E-state index < -0.39 is 0 Å². The third-order valence-corrected chi connectivity index (χ3v) is 6.34. The molecule has 34 heavy (non-hydrogen) atoms. The van der Waals surface area contributed by atoms with E-state index in [1.165, 1.54) is 0 Å². The summed E-state index contributed by atoms with van der Waals surface area (Å²) in [4.78, 5) is 12.7. The van der Waals surface area contributed by atoms with Crippen LogP contribution >= 0.6 is 0 Å². The van der Waals surface area contributed by atoms with Gasteiger partial charge in [0.05, 0.1) is 5.69 Å². The molecule has 2 aliphatic heterocycles. The quantitative estimate of drug-likeness (QED) is 0.502. The Kier molecular flexibility index (Phi) is 6.95. The van der Waals surface area contributed by atoms with Gasteiger partial charge in [-0.25, -0.2) is 0 Å². The van der Waals surface area contributed by atoms with Crippen molar-refractivity contribution in [2.24, 2.45) is 11.8 Å². The fraction of sp³-hybridized carbons (Fsp3) is 0.385. The van der Waals surface area contributed by atoms with Crippen LogP contribution in [-0.2, 0) is 24.4 Å². The van der Waals surface area contributed by atoms with E-state index in [-0.39, 0.29) is 12.7 Å². The van der Waals surface area contributed by atoms with Crippen LogP contribution in [0.2, 0.25) is 0 Å². The van der Waals surface area contributed by atoms with Crippen LogP contribution in [0.4, 0.5) is 0 Å². The Hall–Kier alpha value is -3.52. The molecular formula is C26H29N3O5. The van der Waals surface area contributed by atoms with Gasteiger partial charge in [-0.2, -0.15) is 0 Å². The second-order valence-electron chi connectivity index (χ2n) is 8.77. The van der Waals surface area contributed by atoms with Crippen molar-refractivity contribution in [3.63, 3.8) is 0 Å². The number of amides is 1. The van der Waals surface area contributed by atoms with Crippen LogP contribution in [0.5, 0.6) is 17.2 Å². The number of nitrogens with zero attached hydrogens (tertiary/aromatic N) is 1. The minimum Gasteiger partial charge on any atom is -0.486 e. The average molecular weight is 464 g/mol. The summed E-state index contributed by atoms with van der Waals surface area (Å²) in [7, 11) is 0. The van der Waals surface area contributed by atoms with Gasteiger partial charge < -0.3 is 29.4 Å². The van der Waals surface area contributed by atoms with E-state index in [0.717, 1.165) is 54.4 Å². The van der Waals surface area contributed by atoms with E-state index >= 15 is 0 Å². The first-order chi connectivity index (χ1) is 16.7. The largest absolute Gasteiger partial charge is 0.486 e. The number of hydrogen-bond donors (Lipinski definition) is 2. The predicted molar refractivity (Wildman–Crippen MR) is 124 cm³/mol. The number of rotatable bonds is 9. The number of carbonyl (C=O) groups excluding carboxylic acids is 1. The zero-order chi connectivity index (χ0) is 23.2. The van der Waals surface area contributed by atoms with Gasteiger partial charge in [-0.05, 0) is 67.6 Å². The molecule has 1 fully saturated rings. The molecule has 2 unspecified atom stereocenters. The third-order valence-electron chi connectivity index (χ3n) is 6.34. The zero-order valence-corrected chi connectivity index (χ0v) is 19.0. The van der Waals surface area contributed by atoms with Gasteiger partial charge in [0.15, 0.2) is 17.3 Å². The van der Waals surface area contributed by atoms with Crippen LogP contribution in [0.1, 0.15) is 29.9 Å². The summed E-state index contributed by atoms with van der Waals surface area (Å²) in [6.07, 6.45) is 2.23. The molecule has 0 radical (unpaired) electrons. The van der Waals surface area contributed by atoms with Gasteiger partial charge in [-0.15, -0.1) is 0 Å². The first-order valence-electron chi connectivity index (χ1n) is 11.7. The molecule has 1 aromatic heterocycles. The number of nitrogens with one attached hydrogen (secondary N) is 2. The molecule has 0 aliphatic carbocycles. The van der Waals surface area contributed by atoms with E-state index in [1.54, 1.807) is 0 Å². The third kappa shape index (κ3) is 5.69. The molecule has 0 spiro atoms. The van der Waals surface area contributed by atoms with E-state index in [4.69, 9.17) is 18.7 Å². The number of aromatic nitrogens is 1. The van der Waals surface area contributed by atoms with Crippen molar-refractivity contribution < 1.29 is 23.5 Å². The Morgan fingerprint density at radius 1 is 1.09 bits per heavy atom. The summed E-state index contributed by atoms with van der Waals surface area (Å²) in [6.45, 7) is 2.84. The summed E-state index contributed by atoms with van der Waals surface area (Å²) in [6, 6.07) is 17.3. The Morgan fingerprint density at radius 2 is 1.97 bits per heavy atom. The Labute approximate surface area is 198 Å². The zero-order valence-electron chi connectivity index (χ0n) is 19.0. The van der Waals surface area contributed by atoms with E-state index in [1.807, 2.05) is 54.6 Å². The minimum atomic E-state index is 0.0617. The van der Waals surface area contributed by atoms with Gasteiger partial charge in [-0.3, -0.25) is 4.79 Å². The molecule has 0 bridgehead atoms. The number of para-hydroxylation sites is 1. The second kappa shape index (κ2) is 10.6. The minimum absolute atomic E-state index is 0.0617. The maximum absolute atomic E-state index is 12.7. The van der Waals surface area contributed by atoms with Crippen molar-refractivity contribution >= 4 is 5.91 Å². The number of benzene rings is 2. The van der Waals surface area contributed by atoms with E-state index in [2.05, 4.69) is 15.8 Å². The van der Waals surface area contributed by atoms with Crippen LogP contribution in [-0.4, -0.2) is 30.9 Å². The Balaban J connectivity index is 1.11. The molecule has 8 heteroatoms. The standard InChI is InChI=1S/C26H29N3O5/c30-26(28-14-18-6-7-24-25(10-18)33-17-32-24)12-19-8-9-27-15-20(19)11-21-13-23(34-29-21)16-31-22-4-2-1-3-5-22/h1-7,10,13,19-20,27H,8-9,11-12,14-17H2,(H,28,30). The highest BCUT2D eigenvalue weighted by atomic mass is 16.7. The molecular weight excluding hydrogens is 434 g/mol. The highest BCUT2D eigenvalue weighted by Crippen LogP contribution is 2.32. The van der Waals surface area contributed by atoms with Crippen molar-refractivity contribution in [1.29, 1.82) is 0 Å². The number of fused-ring (bicyclic) bond motifs is 1. The molecule has 2 atom stereocenters. The number of hydrogen-bond acceptors (Lipinski definition) is 7. The molecule has 178 valence electrons.